The molecule has 1 radical (unpaired) electrons. The van der Waals surface area contributed by atoms with E-state index in [2.05, 4.69) is 0 Å². The Hall–Kier alpha value is 0.0169. The Balaban J connectivity index is 2.20. The van der Waals surface area contributed by atoms with Gasteiger partial charge in [-0.25, -0.2) is 0 Å². The number of β-amino-alcohol motifs (C(OH)–C–C–N with tert-alkyl or cyclic N) is 1. The molecule has 5 nitrogen and oxygen atoms in total. The normalized spacial score (nSPS) is 23.5. The van der Waals surface area contributed by atoms with E-state index in [4.69, 9.17) is 18.8 Å². The van der Waals surface area contributed by atoms with Crippen molar-refractivity contribution in [2.24, 2.45) is 0 Å². The summed E-state index contributed by atoms with van der Waals surface area (Å²) < 4.78 is 9.94. The van der Waals surface area contributed by atoms with Crippen LogP contribution >= 0.6 is 0 Å². The summed E-state index contributed by atoms with van der Waals surface area (Å²) in [4.78, 5) is 11.1. The fourth-order valence-corrected chi connectivity index (χ4v) is 1.66. The van der Waals surface area contributed by atoms with Crippen LogP contribution in [0.15, 0.2) is 0 Å². The number of rotatable bonds is 2. The maximum Gasteiger partial charge on any atom is 0.574 e. The molecule has 0 unspecified atom stereocenters. The summed E-state index contributed by atoms with van der Waals surface area (Å²) in [5.74, 6) is 0. The van der Waals surface area contributed by atoms with E-state index in [1.54, 1.807) is 0 Å². The maximum absolute atomic E-state index is 9.02. The van der Waals surface area contributed by atoms with E-state index in [1.165, 1.54) is 0 Å². The maximum atomic E-state index is 9.02. The molecule has 0 amide bonds. The van der Waals surface area contributed by atoms with Gasteiger partial charge in [-0.15, -0.1) is 0 Å². The minimum atomic E-state index is -1.98. The van der Waals surface area contributed by atoms with E-state index in [0.29, 0.717) is 19.8 Å². The molecule has 2 N–H and O–H groups in total. The lowest BCUT2D eigenvalue weighted by Crippen LogP contribution is -2.39. The van der Waals surface area contributed by atoms with Crippen LogP contribution in [0.25, 0.3) is 0 Å². The number of aliphatic hydroxyl groups is 1. The van der Waals surface area contributed by atoms with Crippen LogP contribution in [0.3, 0.4) is 0 Å². The highest BCUT2D eigenvalue weighted by Gasteiger charge is 2.17. The molecular formula is C6H14NO4Si. The third kappa shape index (κ3) is 3.61. The second-order valence-electron chi connectivity index (χ2n) is 2.53. The van der Waals surface area contributed by atoms with Crippen LogP contribution in [0.2, 0.25) is 0 Å². The van der Waals surface area contributed by atoms with Crippen molar-refractivity contribution in [2.75, 3.05) is 39.5 Å². The lowest BCUT2D eigenvalue weighted by atomic mass is 10.4. The molecule has 0 saturated carbocycles. The molecular weight excluding hydrogens is 178 g/mol. The quantitative estimate of drug-likeness (QED) is 0.511. The summed E-state index contributed by atoms with van der Waals surface area (Å²) in [7, 11) is -1.98. The van der Waals surface area contributed by atoms with Crippen LogP contribution in [0, 0.1) is 0 Å². The Bertz CT molecular complexity index is 116. The van der Waals surface area contributed by atoms with Gasteiger partial charge in [0.1, 0.15) is 0 Å². The Morgan fingerprint density at radius 3 is 2.33 bits per heavy atom. The summed E-state index contributed by atoms with van der Waals surface area (Å²) >= 11 is 0. The van der Waals surface area contributed by atoms with Crippen LogP contribution in [0.1, 0.15) is 0 Å². The zero-order chi connectivity index (χ0) is 8.81. The van der Waals surface area contributed by atoms with Crippen molar-refractivity contribution >= 4 is 9.53 Å². The van der Waals surface area contributed by atoms with E-state index in [1.807, 2.05) is 4.90 Å². The van der Waals surface area contributed by atoms with Crippen molar-refractivity contribution in [2.45, 2.75) is 0 Å². The van der Waals surface area contributed by atoms with Gasteiger partial charge in [0, 0.05) is 19.6 Å². The minimum absolute atomic E-state index is 0.150. The first kappa shape index (κ1) is 10.1. The molecule has 1 aliphatic rings. The lowest BCUT2D eigenvalue weighted by molar-refractivity contribution is 0.0671. The molecule has 0 aromatic heterocycles. The second kappa shape index (κ2) is 5.63. The molecule has 1 heterocycles. The summed E-state index contributed by atoms with van der Waals surface area (Å²) in [5, 5.41) is 8.67. The van der Waals surface area contributed by atoms with Crippen molar-refractivity contribution in [3.63, 3.8) is 0 Å². The van der Waals surface area contributed by atoms with Crippen LogP contribution in [-0.4, -0.2) is 63.8 Å². The highest BCUT2D eigenvalue weighted by molar-refractivity contribution is 6.34. The van der Waals surface area contributed by atoms with Crippen molar-refractivity contribution in [3.05, 3.63) is 0 Å². The molecule has 1 saturated heterocycles. The van der Waals surface area contributed by atoms with E-state index >= 15 is 0 Å². The average molecular weight is 192 g/mol. The zero-order valence-electron chi connectivity index (χ0n) is 6.90. The van der Waals surface area contributed by atoms with Crippen LogP contribution in [-0.2, 0) is 8.85 Å². The highest BCUT2D eigenvalue weighted by Crippen LogP contribution is 1.95. The summed E-state index contributed by atoms with van der Waals surface area (Å²) in [5.41, 5.74) is 0. The Labute approximate surface area is 73.5 Å². The molecule has 0 aromatic rings. The average Bonchev–Trinajstić information content (AvgIpc) is 2.00. The fraction of sp³-hybridized carbons (Fsp3) is 1.00. The van der Waals surface area contributed by atoms with Gasteiger partial charge in [0.2, 0.25) is 0 Å². The molecule has 1 rings (SSSR count). The summed E-state index contributed by atoms with van der Waals surface area (Å²) in [6.07, 6.45) is 0. The fourth-order valence-electron chi connectivity index (χ4n) is 1.04. The van der Waals surface area contributed by atoms with Gasteiger partial charge in [0.25, 0.3) is 0 Å². The number of nitrogens with zero attached hydrogens (tertiary/aromatic N) is 1. The first-order chi connectivity index (χ1) is 5.83. The zero-order valence-corrected chi connectivity index (χ0v) is 7.90. The SMILES string of the molecule is OCCN1CCO[Si](O)OCC1. The molecule has 12 heavy (non-hydrogen) atoms. The summed E-state index contributed by atoms with van der Waals surface area (Å²) in [6.45, 7) is 3.24. The largest absolute Gasteiger partial charge is 0.574 e. The van der Waals surface area contributed by atoms with Crippen LogP contribution < -0.4 is 0 Å². The van der Waals surface area contributed by atoms with Gasteiger partial charge in [0.05, 0.1) is 19.8 Å². The predicted octanol–water partition coefficient (Wildman–Crippen LogP) is -1.70. The van der Waals surface area contributed by atoms with Crippen molar-refractivity contribution in [1.82, 2.24) is 4.90 Å². The topological polar surface area (TPSA) is 62.2 Å². The molecule has 6 heteroatoms. The Morgan fingerprint density at radius 2 is 1.83 bits per heavy atom. The Morgan fingerprint density at radius 1 is 1.25 bits per heavy atom. The van der Waals surface area contributed by atoms with E-state index in [-0.39, 0.29) is 6.61 Å². The van der Waals surface area contributed by atoms with Gasteiger partial charge < -0.3 is 18.8 Å². The predicted molar refractivity (Wildman–Crippen MR) is 43.4 cm³/mol. The first-order valence-electron chi connectivity index (χ1n) is 3.97. The molecule has 1 fully saturated rings. The Kier molecular flexibility index (Phi) is 4.74. The molecule has 0 atom stereocenters. The smallest absolute Gasteiger partial charge is 0.395 e. The van der Waals surface area contributed by atoms with Gasteiger partial charge >= 0.3 is 9.53 Å². The monoisotopic (exact) mass is 192 g/mol. The highest BCUT2D eigenvalue weighted by atomic mass is 28.3. The van der Waals surface area contributed by atoms with E-state index in [9.17, 15) is 0 Å². The molecule has 0 bridgehead atoms. The molecule has 0 spiro atoms. The summed E-state index contributed by atoms with van der Waals surface area (Å²) in [6, 6.07) is 0. The van der Waals surface area contributed by atoms with Gasteiger partial charge in [-0.3, -0.25) is 4.90 Å². The first-order valence-corrected chi connectivity index (χ1v) is 5.24. The minimum Gasteiger partial charge on any atom is -0.395 e. The molecule has 1 aliphatic heterocycles. The number of aliphatic hydroxyl groups excluding tert-OH is 1. The third-order valence-corrected chi connectivity index (χ3v) is 2.58. The molecule has 0 aromatic carbocycles. The third-order valence-electron chi connectivity index (χ3n) is 1.68. The molecule has 0 aliphatic carbocycles. The lowest BCUT2D eigenvalue weighted by Gasteiger charge is -2.24. The number of hydrogen-bond acceptors (Lipinski definition) is 5. The van der Waals surface area contributed by atoms with Gasteiger partial charge in [-0.05, 0) is 0 Å². The van der Waals surface area contributed by atoms with Crippen LogP contribution in [0.4, 0.5) is 0 Å². The van der Waals surface area contributed by atoms with Crippen molar-refractivity contribution in [3.8, 4) is 0 Å². The molecule has 71 valence electrons. The van der Waals surface area contributed by atoms with Crippen LogP contribution in [0.5, 0.6) is 0 Å². The van der Waals surface area contributed by atoms with Gasteiger partial charge in [-0.1, -0.05) is 0 Å². The van der Waals surface area contributed by atoms with Gasteiger partial charge in [-0.2, -0.15) is 0 Å². The second-order valence-corrected chi connectivity index (χ2v) is 3.64. The number of hydrogen-bond donors (Lipinski definition) is 2. The van der Waals surface area contributed by atoms with E-state index < -0.39 is 9.53 Å². The van der Waals surface area contributed by atoms with Crippen molar-refractivity contribution in [1.29, 1.82) is 0 Å². The standard InChI is InChI=1S/C6H14NO4Si/c8-4-1-7-2-5-10-12(9)11-6-3-7/h8-9H,1-6H2. The van der Waals surface area contributed by atoms with Crippen molar-refractivity contribution < 1.29 is 18.8 Å². The van der Waals surface area contributed by atoms with E-state index in [0.717, 1.165) is 13.1 Å². The van der Waals surface area contributed by atoms with Gasteiger partial charge in [0.15, 0.2) is 0 Å².